The highest BCUT2D eigenvalue weighted by molar-refractivity contribution is 9.10. The normalized spacial score (nSPS) is 15.7. The van der Waals surface area contributed by atoms with Crippen LogP contribution in [0.1, 0.15) is 38.8 Å². The lowest BCUT2D eigenvalue weighted by Crippen LogP contribution is -2.31. The number of nitrogens with one attached hydrogen (secondary N) is 1. The van der Waals surface area contributed by atoms with Crippen LogP contribution in [0, 0.1) is 0 Å². The minimum Gasteiger partial charge on any atom is -0.493 e. The van der Waals surface area contributed by atoms with Crippen LogP contribution in [0.3, 0.4) is 0 Å². The number of benzene rings is 1. The Hall–Kier alpha value is -2.20. The zero-order valence-corrected chi connectivity index (χ0v) is 19.2. The van der Waals surface area contributed by atoms with Crippen molar-refractivity contribution in [2.45, 2.75) is 38.4 Å². The minimum atomic E-state index is -0.534. The number of thioether (sulfide) groups is 1. The molecule has 1 aliphatic rings. The Balaban J connectivity index is 2.16. The number of rotatable bonds is 8. The fraction of sp³-hybridized carbons (Fsp3) is 0.421. The highest BCUT2D eigenvalue weighted by atomic mass is 79.9. The number of hydrogen-bond donors (Lipinski definition) is 2. The Morgan fingerprint density at radius 2 is 2.17 bits per heavy atom. The van der Waals surface area contributed by atoms with Crippen LogP contribution in [0.5, 0.6) is 11.5 Å². The maximum atomic E-state index is 12.3. The van der Waals surface area contributed by atoms with Gasteiger partial charge in [-0.15, -0.1) is 5.10 Å². The average molecular weight is 482 g/mol. The van der Waals surface area contributed by atoms with Gasteiger partial charge in [0.25, 0.3) is 0 Å². The van der Waals surface area contributed by atoms with Gasteiger partial charge in [-0.2, -0.15) is 4.98 Å². The first-order valence-electron chi connectivity index (χ1n) is 9.28. The molecule has 0 spiro atoms. The molecule has 1 aromatic heterocycles. The largest absolute Gasteiger partial charge is 0.493 e. The van der Waals surface area contributed by atoms with Gasteiger partial charge in [0.2, 0.25) is 17.0 Å². The van der Waals surface area contributed by atoms with Crippen molar-refractivity contribution in [1.82, 2.24) is 14.8 Å². The topological polar surface area (TPSA) is 104 Å². The van der Waals surface area contributed by atoms with Gasteiger partial charge < -0.3 is 20.5 Å². The third-order valence-corrected chi connectivity index (χ3v) is 6.02. The molecule has 0 aliphatic carbocycles. The Morgan fingerprint density at radius 1 is 1.41 bits per heavy atom. The first-order valence-corrected chi connectivity index (χ1v) is 11.1. The van der Waals surface area contributed by atoms with Crippen LogP contribution in [0.25, 0.3) is 0 Å². The van der Waals surface area contributed by atoms with Crippen molar-refractivity contribution in [2.75, 3.05) is 24.8 Å². The molecule has 8 nitrogen and oxygen atoms in total. The van der Waals surface area contributed by atoms with E-state index < -0.39 is 11.9 Å². The van der Waals surface area contributed by atoms with Gasteiger partial charge in [0.1, 0.15) is 6.04 Å². The SMILES string of the molecule is CCCSc1nc2n(n1)C(c1cc(Br)c(OCC)c(OC)c1)C(C(N)=O)=C(C)N2. The Labute approximate surface area is 182 Å². The number of primary amides is 1. The second-order valence-electron chi connectivity index (χ2n) is 6.41. The molecule has 3 N–H and O–H groups in total. The molecule has 2 aromatic rings. The van der Waals surface area contributed by atoms with Crippen LogP contribution in [0.15, 0.2) is 33.0 Å². The van der Waals surface area contributed by atoms with E-state index >= 15 is 0 Å². The van der Waals surface area contributed by atoms with Gasteiger partial charge in [0.15, 0.2) is 11.5 Å². The van der Waals surface area contributed by atoms with Crippen LogP contribution >= 0.6 is 27.7 Å². The van der Waals surface area contributed by atoms with Crippen molar-refractivity contribution in [3.8, 4) is 11.5 Å². The quantitative estimate of drug-likeness (QED) is 0.553. The van der Waals surface area contributed by atoms with Crippen LogP contribution in [0.2, 0.25) is 0 Å². The third kappa shape index (κ3) is 4.23. The number of aromatic nitrogens is 3. The van der Waals surface area contributed by atoms with Gasteiger partial charge in [0, 0.05) is 11.4 Å². The zero-order valence-electron chi connectivity index (χ0n) is 16.8. The molecular weight excluding hydrogens is 458 g/mol. The summed E-state index contributed by atoms with van der Waals surface area (Å²) in [5.74, 6) is 2.12. The third-order valence-electron chi connectivity index (χ3n) is 4.39. The first-order chi connectivity index (χ1) is 13.9. The summed E-state index contributed by atoms with van der Waals surface area (Å²) in [7, 11) is 1.58. The summed E-state index contributed by atoms with van der Waals surface area (Å²) in [5.41, 5.74) is 7.60. The van der Waals surface area contributed by atoms with Gasteiger partial charge in [-0.3, -0.25) is 4.79 Å². The number of nitrogens with two attached hydrogens (primary N) is 1. The van der Waals surface area contributed by atoms with E-state index in [2.05, 4.69) is 38.3 Å². The van der Waals surface area contributed by atoms with E-state index in [1.807, 2.05) is 26.0 Å². The summed E-state index contributed by atoms with van der Waals surface area (Å²) in [6.07, 6.45) is 1.01. The summed E-state index contributed by atoms with van der Waals surface area (Å²) in [5, 5.41) is 8.43. The molecule has 29 heavy (non-hydrogen) atoms. The number of anilines is 1. The number of ether oxygens (including phenoxy) is 2. The summed E-state index contributed by atoms with van der Waals surface area (Å²) >= 11 is 5.13. The van der Waals surface area contributed by atoms with Crippen molar-refractivity contribution in [3.05, 3.63) is 33.4 Å². The van der Waals surface area contributed by atoms with Crippen LogP contribution in [-0.4, -0.2) is 40.1 Å². The van der Waals surface area contributed by atoms with Gasteiger partial charge in [-0.25, -0.2) is 4.68 Å². The molecule has 0 radical (unpaired) electrons. The van der Waals surface area contributed by atoms with Crippen LogP contribution in [0.4, 0.5) is 5.95 Å². The molecule has 2 heterocycles. The zero-order chi connectivity index (χ0) is 21.1. The lowest BCUT2D eigenvalue weighted by molar-refractivity contribution is -0.115. The van der Waals surface area contributed by atoms with Gasteiger partial charge in [0.05, 0.1) is 23.8 Å². The predicted octanol–water partition coefficient (Wildman–Crippen LogP) is 3.72. The maximum absolute atomic E-state index is 12.3. The van der Waals surface area contributed by atoms with E-state index in [1.165, 1.54) is 0 Å². The molecule has 0 bridgehead atoms. The van der Waals surface area contributed by atoms with Crippen molar-refractivity contribution in [1.29, 1.82) is 0 Å². The van der Waals surface area contributed by atoms with E-state index in [4.69, 9.17) is 15.2 Å². The van der Waals surface area contributed by atoms with E-state index in [0.29, 0.717) is 40.5 Å². The smallest absolute Gasteiger partial charge is 0.248 e. The Bertz CT molecular complexity index is 960. The van der Waals surface area contributed by atoms with E-state index in [0.717, 1.165) is 22.2 Å². The molecule has 1 aliphatic heterocycles. The number of nitrogens with zero attached hydrogens (tertiary/aromatic N) is 3. The maximum Gasteiger partial charge on any atom is 0.248 e. The lowest BCUT2D eigenvalue weighted by Gasteiger charge is -2.28. The number of halogens is 1. The number of methoxy groups -OCH3 is 1. The second-order valence-corrected chi connectivity index (χ2v) is 8.33. The summed E-state index contributed by atoms with van der Waals surface area (Å²) in [4.78, 5) is 16.9. The number of amides is 1. The Kier molecular flexibility index (Phi) is 6.74. The second kappa shape index (κ2) is 9.08. The molecule has 10 heteroatoms. The standard InChI is InChI=1S/C19H24BrN5O3S/c1-5-7-29-19-23-18-22-10(3)14(17(21)26)15(25(18)24-19)11-8-12(20)16(28-6-2)13(9-11)27-4/h8-9,15H,5-7H2,1-4H3,(H2,21,26)(H,22,23,24). The molecule has 1 atom stereocenters. The van der Waals surface area contributed by atoms with E-state index in [9.17, 15) is 4.79 Å². The van der Waals surface area contributed by atoms with Gasteiger partial charge in [-0.1, -0.05) is 18.7 Å². The van der Waals surface area contributed by atoms with Crippen molar-refractivity contribution in [3.63, 3.8) is 0 Å². The van der Waals surface area contributed by atoms with Crippen molar-refractivity contribution >= 4 is 39.5 Å². The molecular formula is C19H24BrN5O3S. The monoisotopic (exact) mass is 481 g/mol. The summed E-state index contributed by atoms with van der Waals surface area (Å²) < 4.78 is 13.6. The summed E-state index contributed by atoms with van der Waals surface area (Å²) in [6.45, 7) is 6.31. The van der Waals surface area contributed by atoms with Crippen molar-refractivity contribution < 1.29 is 14.3 Å². The van der Waals surface area contributed by atoms with Crippen LogP contribution < -0.4 is 20.5 Å². The molecule has 156 valence electrons. The molecule has 3 rings (SSSR count). The lowest BCUT2D eigenvalue weighted by atomic mass is 9.95. The molecule has 1 amide bonds. The van der Waals surface area contributed by atoms with Gasteiger partial charge >= 0.3 is 0 Å². The van der Waals surface area contributed by atoms with Crippen LogP contribution in [-0.2, 0) is 4.79 Å². The van der Waals surface area contributed by atoms with Gasteiger partial charge in [-0.05, 0) is 53.9 Å². The van der Waals surface area contributed by atoms with E-state index in [-0.39, 0.29) is 0 Å². The number of hydrogen-bond acceptors (Lipinski definition) is 7. The summed E-state index contributed by atoms with van der Waals surface area (Å²) in [6, 6.07) is 3.20. The average Bonchev–Trinajstić information content (AvgIpc) is 3.08. The number of allylic oxidation sites excluding steroid dienone is 1. The molecule has 0 saturated heterocycles. The molecule has 0 saturated carbocycles. The minimum absolute atomic E-state index is 0.424. The van der Waals surface area contributed by atoms with Crippen molar-refractivity contribution in [2.24, 2.45) is 5.73 Å². The number of carbonyl (C=O) groups is 1. The fourth-order valence-electron chi connectivity index (χ4n) is 3.20. The Morgan fingerprint density at radius 3 is 2.79 bits per heavy atom. The first kappa shape index (κ1) is 21.5. The fourth-order valence-corrected chi connectivity index (χ4v) is 4.45. The highest BCUT2D eigenvalue weighted by Crippen LogP contribution is 2.42. The molecule has 0 fully saturated rings. The molecule has 1 unspecified atom stereocenters. The predicted molar refractivity (Wildman–Crippen MR) is 117 cm³/mol. The van der Waals surface area contributed by atoms with E-state index in [1.54, 1.807) is 23.6 Å². The number of carbonyl (C=O) groups excluding carboxylic acids is 1. The molecule has 1 aromatic carbocycles. The highest BCUT2D eigenvalue weighted by Gasteiger charge is 2.34. The number of fused-ring (bicyclic) bond motifs is 1.